The number of hydrogen-bond donors (Lipinski definition) is 4. The highest BCUT2D eigenvalue weighted by molar-refractivity contribution is 5.87. The molecule has 1 aromatic carbocycles. The number of aliphatic carboxylic acids is 1. The lowest BCUT2D eigenvalue weighted by Gasteiger charge is -2.17. The zero-order chi connectivity index (χ0) is 14.7. The van der Waals surface area contributed by atoms with Gasteiger partial charge in [-0.3, -0.25) is 4.79 Å². The van der Waals surface area contributed by atoms with Crippen LogP contribution in [0, 0.1) is 5.92 Å². The van der Waals surface area contributed by atoms with Gasteiger partial charge in [-0.05, 0) is 42.9 Å². The smallest absolute Gasteiger partial charge is 0.326 e. The van der Waals surface area contributed by atoms with Crippen LogP contribution in [0.1, 0.15) is 18.4 Å². The number of nitrogens with one attached hydrogen (secondary N) is 1. The highest BCUT2D eigenvalue weighted by Gasteiger charge is 2.37. The number of aromatic hydroxyl groups is 1. The monoisotopic (exact) mass is 278 g/mol. The predicted molar refractivity (Wildman–Crippen MR) is 72.1 cm³/mol. The zero-order valence-electron chi connectivity index (χ0n) is 11.0. The summed E-state index contributed by atoms with van der Waals surface area (Å²) >= 11 is 0. The van der Waals surface area contributed by atoms with E-state index in [9.17, 15) is 14.7 Å². The molecule has 6 nitrogen and oxygen atoms in total. The van der Waals surface area contributed by atoms with Gasteiger partial charge in [-0.1, -0.05) is 12.1 Å². The number of phenols is 1. The minimum Gasteiger partial charge on any atom is -0.508 e. The summed E-state index contributed by atoms with van der Waals surface area (Å²) in [7, 11) is 0. The van der Waals surface area contributed by atoms with Crippen LogP contribution in [0.25, 0.3) is 0 Å². The van der Waals surface area contributed by atoms with Crippen molar-refractivity contribution >= 4 is 11.9 Å². The van der Waals surface area contributed by atoms with Crippen molar-refractivity contribution in [1.29, 1.82) is 0 Å². The molecule has 0 heterocycles. The van der Waals surface area contributed by atoms with E-state index in [0.717, 1.165) is 18.4 Å². The van der Waals surface area contributed by atoms with Crippen LogP contribution >= 0.6 is 0 Å². The van der Waals surface area contributed by atoms with Crippen LogP contribution in [0.15, 0.2) is 24.3 Å². The van der Waals surface area contributed by atoms with E-state index in [2.05, 4.69) is 5.32 Å². The molecule has 0 spiro atoms. The lowest BCUT2D eigenvalue weighted by Crippen LogP contribution is -2.50. The largest absolute Gasteiger partial charge is 0.508 e. The molecule has 1 fully saturated rings. The molecule has 1 aromatic rings. The molecule has 0 saturated heterocycles. The summed E-state index contributed by atoms with van der Waals surface area (Å²) in [4.78, 5) is 23.0. The lowest BCUT2D eigenvalue weighted by molar-refractivity contribution is -0.142. The number of amides is 1. The first-order valence-corrected chi connectivity index (χ1v) is 6.54. The fourth-order valence-electron chi connectivity index (χ4n) is 2.05. The Balaban J connectivity index is 1.91. The summed E-state index contributed by atoms with van der Waals surface area (Å²) < 4.78 is 0. The number of phenolic OH excluding ortho intramolecular Hbond substituents is 1. The fraction of sp³-hybridized carbons (Fsp3) is 0.429. The van der Waals surface area contributed by atoms with Gasteiger partial charge in [-0.2, -0.15) is 0 Å². The average Bonchev–Trinajstić information content (AvgIpc) is 3.22. The molecule has 20 heavy (non-hydrogen) atoms. The van der Waals surface area contributed by atoms with Gasteiger partial charge in [0.2, 0.25) is 5.91 Å². The summed E-state index contributed by atoms with van der Waals surface area (Å²) in [6.45, 7) is 0. The van der Waals surface area contributed by atoms with E-state index in [4.69, 9.17) is 10.8 Å². The first-order valence-electron chi connectivity index (χ1n) is 6.54. The second-order valence-corrected chi connectivity index (χ2v) is 5.14. The lowest BCUT2D eigenvalue weighted by atomic mass is 10.0. The molecule has 2 rings (SSSR count). The van der Waals surface area contributed by atoms with Crippen molar-refractivity contribution in [2.45, 2.75) is 31.3 Å². The molecule has 1 saturated carbocycles. The molecule has 5 N–H and O–H groups in total. The Kier molecular flexibility index (Phi) is 4.24. The molecule has 0 bridgehead atoms. The van der Waals surface area contributed by atoms with Crippen LogP contribution in [-0.4, -0.2) is 34.2 Å². The maximum Gasteiger partial charge on any atom is 0.326 e. The number of benzene rings is 1. The van der Waals surface area contributed by atoms with Crippen molar-refractivity contribution in [1.82, 2.24) is 5.32 Å². The second-order valence-electron chi connectivity index (χ2n) is 5.14. The highest BCUT2D eigenvalue weighted by Crippen LogP contribution is 2.32. The molecular weight excluding hydrogens is 260 g/mol. The van der Waals surface area contributed by atoms with E-state index in [1.54, 1.807) is 12.1 Å². The zero-order valence-corrected chi connectivity index (χ0v) is 11.0. The summed E-state index contributed by atoms with van der Waals surface area (Å²) in [5.41, 5.74) is 6.60. The molecule has 2 atom stereocenters. The molecule has 1 aliphatic rings. The molecular formula is C14H18N2O4. The number of carbonyl (C=O) groups is 2. The topological polar surface area (TPSA) is 113 Å². The van der Waals surface area contributed by atoms with Crippen molar-refractivity contribution in [3.05, 3.63) is 29.8 Å². The van der Waals surface area contributed by atoms with Gasteiger partial charge < -0.3 is 21.3 Å². The Morgan fingerprint density at radius 2 is 1.90 bits per heavy atom. The van der Waals surface area contributed by atoms with E-state index >= 15 is 0 Å². The van der Waals surface area contributed by atoms with Gasteiger partial charge >= 0.3 is 5.97 Å². The van der Waals surface area contributed by atoms with E-state index < -0.39 is 24.0 Å². The fourth-order valence-corrected chi connectivity index (χ4v) is 2.05. The number of carbonyl (C=O) groups excluding carboxylic acids is 1. The van der Waals surface area contributed by atoms with Gasteiger partial charge in [0.1, 0.15) is 11.8 Å². The maximum absolute atomic E-state index is 11.9. The van der Waals surface area contributed by atoms with Crippen LogP contribution in [0.5, 0.6) is 5.75 Å². The summed E-state index contributed by atoms with van der Waals surface area (Å²) in [5.74, 6) is -1.31. The first-order chi connectivity index (χ1) is 9.47. The van der Waals surface area contributed by atoms with Gasteiger partial charge in [0.25, 0.3) is 0 Å². The molecule has 0 aromatic heterocycles. The Labute approximate surface area is 116 Å². The van der Waals surface area contributed by atoms with Crippen LogP contribution in [-0.2, 0) is 16.0 Å². The predicted octanol–water partition coefficient (Wildman–Crippen LogP) is 0.241. The van der Waals surface area contributed by atoms with Gasteiger partial charge in [0, 0.05) is 0 Å². The molecule has 2 unspecified atom stereocenters. The number of nitrogens with two attached hydrogens (primary N) is 1. The van der Waals surface area contributed by atoms with E-state index in [1.807, 2.05) is 0 Å². The third-order valence-corrected chi connectivity index (χ3v) is 3.39. The number of hydrogen-bond acceptors (Lipinski definition) is 4. The quantitative estimate of drug-likeness (QED) is 0.595. The minimum absolute atomic E-state index is 0.0253. The van der Waals surface area contributed by atoms with Gasteiger partial charge in [0.05, 0.1) is 6.04 Å². The van der Waals surface area contributed by atoms with Gasteiger partial charge in [-0.25, -0.2) is 4.79 Å². The Hall–Kier alpha value is -2.08. The van der Waals surface area contributed by atoms with Gasteiger partial charge in [-0.15, -0.1) is 0 Å². The highest BCUT2D eigenvalue weighted by atomic mass is 16.4. The molecule has 0 radical (unpaired) electrons. The summed E-state index contributed by atoms with van der Waals surface area (Å²) in [5, 5.41) is 20.7. The number of carboxylic acids is 1. The summed E-state index contributed by atoms with van der Waals surface area (Å²) in [6.07, 6.45) is 1.94. The first kappa shape index (κ1) is 14.3. The third kappa shape index (κ3) is 3.71. The van der Waals surface area contributed by atoms with Crippen LogP contribution in [0.4, 0.5) is 0 Å². The standard InChI is InChI=1S/C14H18N2O4/c15-11(7-8-1-5-10(17)6-2-8)13(18)16-12(14(19)20)9-3-4-9/h1-2,5-6,9,11-12,17H,3-4,7,15H2,(H,16,18)(H,19,20). The van der Waals surface area contributed by atoms with Crippen LogP contribution in [0.2, 0.25) is 0 Å². The van der Waals surface area contributed by atoms with Crippen molar-refractivity contribution in [2.75, 3.05) is 0 Å². The molecule has 0 aliphatic heterocycles. The van der Waals surface area contributed by atoms with E-state index in [1.165, 1.54) is 12.1 Å². The summed E-state index contributed by atoms with van der Waals surface area (Å²) in [6, 6.07) is 4.75. The Morgan fingerprint density at radius 1 is 1.30 bits per heavy atom. The Morgan fingerprint density at radius 3 is 2.40 bits per heavy atom. The molecule has 108 valence electrons. The van der Waals surface area contributed by atoms with E-state index in [-0.39, 0.29) is 11.7 Å². The van der Waals surface area contributed by atoms with Crippen molar-refractivity contribution in [3.8, 4) is 5.75 Å². The maximum atomic E-state index is 11.9. The van der Waals surface area contributed by atoms with Crippen molar-refractivity contribution in [2.24, 2.45) is 11.7 Å². The second kappa shape index (κ2) is 5.92. The molecule has 1 aliphatic carbocycles. The molecule has 6 heteroatoms. The number of rotatable bonds is 6. The SMILES string of the molecule is NC(Cc1ccc(O)cc1)C(=O)NC(C(=O)O)C1CC1. The number of carboxylic acid groups (broad SMARTS) is 1. The Bertz CT molecular complexity index is 496. The normalized spacial score (nSPS) is 17.2. The van der Waals surface area contributed by atoms with Crippen LogP contribution < -0.4 is 11.1 Å². The average molecular weight is 278 g/mol. The van der Waals surface area contributed by atoms with Crippen molar-refractivity contribution < 1.29 is 19.8 Å². The third-order valence-electron chi connectivity index (χ3n) is 3.39. The minimum atomic E-state index is -1.02. The van der Waals surface area contributed by atoms with E-state index in [0.29, 0.717) is 6.42 Å². The molecule has 1 amide bonds. The van der Waals surface area contributed by atoms with Crippen LogP contribution in [0.3, 0.4) is 0 Å². The van der Waals surface area contributed by atoms with Gasteiger partial charge in [0.15, 0.2) is 0 Å². The van der Waals surface area contributed by atoms with Crippen molar-refractivity contribution in [3.63, 3.8) is 0 Å².